The van der Waals surface area contributed by atoms with Crippen LogP contribution in [0.4, 0.5) is 10.5 Å². The maximum Gasteiger partial charge on any atom is 0.329 e. The van der Waals surface area contributed by atoms with Crippen molar-refractivity contribution in [1.82, 2.24) is 10.2 Å². The highest BCUT2D eigenvalue weighted by Gasteiger charge is 2.55. The summed E-state index contributed by atoms with van der Waals surface area (Å²) in [4.78, 5) is 33.8. The molecule has 2 atom stereocenters. The average Bonchev–Trinajstić information content (AvgIpc) is 2.90. The Morgan fingerprint density at radius 1 is 1.23 bits per heavy atom. The van der Waals surface area contributed by atoms with E-state index in [0.717, 1.165) is 51.9 Å². The van der Waals surface area contributed by atoms with Crippen molar-refractivity contribution in [3.05, 3.63) is 24.5 Å². The number of carbonyl (C=O) groups is 2. The first kappa shape index (κ1) is 17.3. The molecule has 1 saturated carbocycles. The maximum absolute atomic E-state index is 13.1. The molecular formula is C19H29N5O2+2. The van der Waals surface area contributed by atoms with Gasteiger partial charge < -0.3 is 15.1 Å². The van der Waals surface area contributed by atoms with E-state index in [1.807, 2.05) is 12.4 Å². The molecule has 3 aliphatic rings. The van der Waals surface area contributed by atoms with E-state index in [0.29, 0.717) is 6.67 Å². The van der Waals surface area contributed by atoms with Gasteiger partial charge in [0, 0.05) is 17.8 Å². The fraction of sp³-hybridized carbons (Fsp3) is 0.632. The highest BCUT2D eigenvalue weighted by atomic mass is 16.2. The van der Waals surface area contributed by atoms with Gasteiger partial charge in [0.2, 0.25) is 0 Å². The molecule has 1 spiro atoms. The summed E-state index contributed by atoms with van der Waals surface area (Å²) >= 11 is 0. The van der Waals surface area contributed by atoms with Gasteiger partial charge >= 0.3 is 6.03 Å². The van der Waals surface area contributed by atoms with Crippen molar-refractivity contribution < 1.29 is 19.5 Å². The number of anilines is 1. The van der Waals surface area contributed by atoms with E-state index in [2.05, 4.69) is 34.3 Å². The average molecular weight is 359 g/mol. The third-order valence-electron chi connectivity index (χ3n) is 6.42. The highest BCUT2D eigenvalue weighted by molar-refractivity contribution is 6.07. The van der Waals surface area contributed by atoms with Crippen LogP contribution in [-0.2, 0) is 4.79 Å². The van der Waals surface area contributed by atoms with E-state index < -0.39 is 5.54 Å². The summed E-state index contributed by atoms with van der Waals surface area (Å²) < 4.78 is 0. The summed E-state index contributed by atoms with van der Waals surface area (Å²) in [5.74, 6) is 0.225. The molecule has 2 aliphatic heterocycles. The first-order valence-corrected chi connectivity index (χ1v) is 9.79. The van der Waals surface area contributed by atoms with Gasteiger partial charge in [-0.1, -0.05) is 19.8 Å². The van der Waals surface area contributed by atoms with Crippen LogP contribution in [0.5, 0.6) is 0 Å². The van der Waals surface area contributed by atoms with Crippen LogP contribution in [0.15, 0.2) is 24.5 Å². The van der Waals surface area contributed by atoms with Crippen molar-refractivity contribution in [1.29, 1.82) is 0 Å². The first-order valence-electron chi connectivity index (χ1n) is 9.79. The summed E-state index contributed by atoms with van der Waals surface area (Å²) in [6.45, 7) is 6.31. The normalized spacial score (nSPS) is 30.1. The lowest BCUT2D eigenvalue weighted by molar-refractivity contribution is -0.907. The molecule has 7 heteroatoms. The van der Waals surface area contributed by atoms with Crippen molar-refractivity contribution in [2.45, 2.75) is 38.1 Å². The largest absolute Gasteiger partial charge is 0.360 e. The molecule has 7 nitrogen and oxygen atoms in total. The van der Waals surface area contributed by atoms with Crippen LogP contribution in [-0.4, -0.2) is 55.2 Å². The van der Waals surface area contributed by atoms with E-state index in [1.165, 1.54) is 15.5 Å². The van der Waals surface area contributed by atoms with Crippen LogP contribution in [0.25, 0.3) is 0 Å². The molecule has 3 heterocycles. The Hall–Kier alpha value is -2.15. The molecule has 3 N–H and O–H groups in total. The van der Waals surface area contributed by atoms with Crippen LogP contribution < -0.4 is 20.1 Å². The summed E-state index contributed by atoms with van der Waals surface area (Å²) in [5, 5.41) is 3.05. The second kappa shape index (κ2) is 6.87. The van der Waals surface area contributed by atoms with Crippen LogP contribution >= 0.6 is 0 Å². The number of H-pyrrole nitrogens is 1. The number of hydrogen-bond acceptors (Lipinski definition) is 3. The predicted octanol–water partition coefficient (Wildman–Crippen LogP) is -0.336. The zero-order chi connectivity index (χ0) is 18.1. The number of quaternary nitrogens is 1. The number of aromatic nitrogens is 1. The van der Waals surface area contributed by atoms with Crippen molar-refractivity contribution in [2.24, 2.45) is 5.92 Å². The maximum atomic E-state index is 13.1. The molecular weight excluding hydrogens is 330 g/mol. The molecule has 0 radical (unpaired) electrons. The number of hydrogen-bond donors (Lipinski definition) is 2. The molecule has 2 saturated heterocycles. The van der Waals surface area contributed by atoms with Gasteiger partial charge in [-0.25, -0.2) is 14.7 Å². The van der Waals surface area contributed by atoms with E-state index in [-0.39, 0.29) is 17.9 Å². The predicted molar refractivity (Wildman–Crippen MR) is 96.5 cm³/mol. The minimum Gasteiger partial charge on any atom is -0.360 e. The Morgan fingerprint density at radius 3 is 2.65 bits per heavy atom. The third kappa shape index (κ3) is 2.94. The minimum atomic E-state index is -0.642. The lowest BCUT2D eigenvalue weighted by atomic mass is 9.73. The number of amides is 3. The number of imide groups is 1. The number of piperazine rings is 1. The first-order chi connectivity index (χ1) is 12.6. The summed E-state index contributed by atoms with van der Waals surface area (Å²) in [5.41, 5.74) is 0.574. The molecule has 3 amide bonds. The van der Waals surface area contributed by atoms with Gasteiger partial charge in [-0.3, -0.25) is 4.79 Å². The lowest BCUT2D eigenvalue weighted by Gasteiger charge is -2.37. The molecule has 140 valence electrons. The Balaban J connectivity index is 1.38. The Morgan fingerprint density at radius 2 is 1.96 bits per heavy atom. The van der Waals surface area contributed by atoms with Crippen LogP contribution in [0, 0.1) is 5.92 Å². The van der Waals surface area contributed by atoms with Gasteiger partial charge in [-0.2, -0.15) is 0 Å². The summed E-state index contributed by atoms with van der Waals surface area (Å²) in [7, 11) is 0. The van der Waals surface area contributed by atoms with E-state index >= 15 is 0 Å². The second-order valence-corrected chi connectivity index (χ2v) is 7.93. The monoisotopic (exact) mass is 359 g/mol. The summed E-state index contributed by atoms with van der Waals surface area (Å²) in [6, 6.07) is 3.96. The van der Waals surface area contributed by atoms with E-state index in [4.69, 9.17) is 0 Å². The molecule has 26 heavy (non-hydrogen) atoms. The number of pyridine rings is 1. The van der Waals surface area contributed by atoms with Gasteiger partial charge in [0.25, 0.3) is 5.91 Å². The van der Waals surface area contributed by atoms with Crippen LogP contribution in [0.1, 0.15) is 32.6 Å². The standard InChI is InChI=1S/C19H27N5O2/c1-15-4-2-3-7-19(15)17(25)24(18(26)21-19)14-22-10-12-23(13-11-22)16-5-8-20-9-6-16/h5-6,8-9,15H,2-4,7,10-14H2,1H3,(H,21,26)/p+2/t15-,19+/m1/s1. The van der Waals surface area contributed by atoms with Crippen LogP contribution in [0.3, 0.4) is 0 Å². The highest BCUT2D eigenvalue weighted by Crippen LogP contribution is 2.37. The number of carbonyl (C=O) groups excluding carboxylic acids is 2. The Labute approximate surface area is 154 Å². The zero-order valence-corrected chi connectivity index (χ0v) is 15.5. The fourth-order valence-electron chi connectivity index (χ4n) is 4.69. The van der Waals surface area contributed by atoms with Gasteiger partial charge in [0.15, 0.2) is 19.1 Å². The van der Waals surface area contributed by atoms with E-state index in [9.17, 15) is 9.59 Å². The third-order valence-corrected chi connectivity index (χ3v) is 6.42. The smallest absolute Gasteiger partial charge is 0.329 e. The number of rotatable bonds is 3. The number of nitrogens with zero attached hydrogens (tertiary/aromatic N) is 2. The molecule has 0 unspecified atom stereocenters. The SMILES string of the molecule is C[C@@H]1CCCC[C@]12NC(=O)N(C[NH+]1CCN(c3cc[nH+]cc3)CC1)C2=O. The number of urea groups is 1. The summed E-state index contributed by atoms with van der Waals surface area (Å²) in [6.07, 6.45) is 7.84. The van der Waals surface area contributed by atoms with Gasteiger partial charge in [0.1, 0.15) is 5.54 Å². The number of nitrogens with one attached hydrogen (secondary N) is 3. The van der Waals surface area contributed by atoms with Gasteiger partial charge in [-0.15, -0.1) is 0 Å². The molecule has 3 fully saturated rings. The molecule has 1 aromatic rings. The fourth-order valence-corrected chi connectivity index (χ4v) is 4.69. The molecule has 4 rings (SSSR count). The Kier molecular flexibility index (Phi) is 4.56. The Bertz CT molecular complexity index is 674. The second-order valence-electron chi connectivity index (χ2n) is 7.93. The quantitative estimate of drug-likeness (QED) is 0.726. The minimum absolute atomic E-state index is 0.00299. The molecule has 0 bridgehead atoms. The van der Waals surface area contributed by atoms with Crippen molar-refractivity contribution in [3.63, 3.8) is 0 Å². The van der Waals surface area contributed by atoms with Gasteiger partial charge in [-0.05, 0) is 18.8 Å². The van der Waals surface area contributed by atoms with Crippen LogP contribution in [0.2, 0.25) is 0 Å². The lowest BCUT2D eigenvalue weighted by Crippen LogP contribution is -3.16. The number of aromatic amines is 1. The zero-order valence-electron chi connectivity index (χ0n) is 15.5. The van der Waals surface area contributed by atoms with Crippen molar-refractivity contribution in [2.75, 3.05) is 37.7 Å². The molecule has 1 aliphatic carbocycles. The molecule has 1 aromatic heterocycles. The van der Waals surface area contributed by atoms with Crippen molar-refractivity contribution in [3.8, 4) is 0 Å². The van der Waals surface area contributed by atoms with Crippen molar-refractivity contribution >= 4 is 17.6 Å². The topological polar surface area (TPSA) is 71.2 Å². The molecule has 0 aromatic carbocycles. The van der Waals surface area contributed by atoms with E-state index in [1.54, 1.807) is 0 Å². The van der Waals surface area contributed by atoms with Gasteiger partial charge in [0.05, 0.1) is 26.2 Å².